The number of fused-ring (bicyclic) bond motifs is 1. The predicted molar refractivity (Wildman–Crippen MR) is 130 cm³/mol. The van der Waals surface area contributed by atoms with Crippen LogP contribution in [0.25, 0.3) is 10.9 Å². The quantitative estimate of drug-likeness (QED) is 0.289. The minimum absolute atomic E-state index is 0.0358. The molecule has 8 nitrogen and oxygen atoms in total. The van der Waals surface area contributed by atoms with E-state index in [9.17, 15) is 39.7 Å². The van der Waals surface area contributed by atoms with E-state index in [1.165, 1.54) is 18.8 Å². The number of hydrogen-bond donors (Lipinski definition) is 3. The molecule has 1 saturated heterocycles. The van der Waals surface area contributed by atoms with Crippen LogP contribution >= 0.6 is 0 Å². The van der Waals surface area contributed by atoms with E-state index in [1.807, 2.05) is 0 Å². The number of nitrogens with two attached hydrogens (primary N) is 1. The third-order valence-electron chi connectivity index (χ3n) is 5.22. The lowest BCUT2D eigenvalue weighted by Gasteiger charge is -2.24. The van der Waals surface area contributed by atoms with Gasteiger partial charge in [-0.25, -0.2) is 14.4 Å². The van der Waals surface area contributed by atoms with Crippen LogP contribution in [-0.4, -0.2) is 56.6 Å². The smallest absolute Gasteiger partial charge is 0.417 e. The van der Waals surface area contributed by atoms with Crippen LogP contribution in [0.3, 0.4) is 0 Å². The van der Waals surface area contributed by atoms with Crippen molar-refractivity contribution < 1.29 is 44.5 Å². The molecule has 0 bridgehead atoms. The third-order valence-corrected chi connectivity index (χ3v) is 6.71. The molecule has 0 radical (unpaired) electrons. The van der Waals surface area contributed by atoms with Crippen molar-refractivity contribution >= 4 is 44.8 Å². The number of halogens is 7. The van der Waals surface area contributed by atoms with E-state index in [1.54, 1.807) is 19.1 Å². The van der Waals surface area contributed by atoms with Crippen molar-refractivity contribution in [3.8, 4) is 5.75 Å². The summed E-state index contributed by atoms with van der Waals surface area (Å²) in [7, 11) is -0.392. The Balaban J connectivity index is 0.000000753. The molecule has 1 amide bonds. The molecule has 16 heteroatoms. The van der Waals surface area contributed by atoms with Gasteiger partial charge in [0.15, 0.2) is 6.61 Å². The van der Waals surface area contributed by atoms with Gasteiger partial charge in [-0.3, -0.25) is 9.00 Å². The number of amides is 1. The number of nitrogens with one attached hydrogen (secondary N) is 2. The zero-order valence-corrected chi connectivity index (χ0v) is 20.9. The number of anilines is 3. The van der Waals surface area contributed by atoms with E-state index in [0.29, 0.717) is 22.2 Å². The topological polar surface area (TPSA) is 119 Å². The summed E-state index contributed by atoms with van der Waals surface area (Å²) in [5.41, 5.74) is 7.45. The first kappa shape index (κ1) is 29.9. The van der Waals surface area contributed by atoms with Crippen LogP contribution in [0.1, 0.15) is 12.0 Å². The van der Waals surface area contributed by atoms with Crippen molar-refractivity contribution in [3.63, 3.8) is 0 Å². The molecule has 1 fully saturated rings. The number of carbonyl (C=O) groups is 1. The number of carbonyl (C=O) groups excluding carboxylic acids is 1. The monoisotopic (exact) mass is 581 g/mol. The van der Waals surface area contributed by atoms with Gasteiger partial charge >= 0.3 is 12.4 Å². The molecular weight excluding hydrogens is 559 g/mol. The fraction of sp³-hybridized carbons (Fsp3) is 0.348. The van der Waals surface area contributed by atoms with Crippen LogP contribution in [0, 0.1) is 12.7 Å². The first-order valence-electron chi connectivity index (χ1n) is 11.1. The summed E-state index contributed by atoms with van der Waals surface area (Å²) < 4.78 is 105. The summed E-state index contributed by atoms with van der Waals surface area (Å²) in [5, 5.41) is 4.21. The summed E-state index contributed by atoms with van der Waals surface area (Å²) >= 11 is 0. The number of aromatic nitrogens is 2. The number of ether oxygens (including phenoxy) is 1. The molecule has 4 rings (SSSR count). The Labute approximate surface area is 219 Å². The van der Waals surface area contributed by atoms with Crippen molar-refractivity contribution in [3.05, 3.63) is 48.0 Å². The maximum atomic E-state index is 13.7. The first-order chi connectivity index (χ1) is 18.1. The fourth-order valence-corrected chi connectivity index (χ4v) is 3.84. The molecule has 1 aliphatic heterocycles. The molecule has 212 valence electrons. The van der Waals surface area contributed by atoms with Gasteiger partial charge in [0.05, 0.1) is 11.2 Å². The number of aryl methyl sites for hydroxylation is 1. The standard InChI is InChI=1S/C20H16F7N5O2.C3H6OS/c1-9-4-11(28)6-13-16(9)17(30-8-29-13)31-12-3-2-10(21)5-14(12)34-7-15(33)32-18(19(22,23)24)20(25,26)27;4-5-2-1-3-5/h2-6,8,18H,7,28H2,1H3,(H,32,33)(H,29,30,31);1-3H2. The van der Waals surface area contributed by atoms with Crippen molar-refractivity contribution in [1.29, 1.82) is 0 Å². The highest BCUT2D eigenvalue weighted by Crippen LogP contribution is 2.34. The highest BCUT2D eigenvalue weighted by atomic mass is 32.2. The van der Waals surface area contributed by atoms with Gasteiger partial charge in [-0.2, -0.15) is 26.3 Å². The van der Waals surface area contributed by atoms with Crippen molar-refractivity contribution in [2.75, 3.05) is 29.2 Å². The minimum Gasteiger partial charge on any atom is -0.481 e. The number of alkyl halides is 6. The largest absolute Gasteiger partial charge is 0.481 e. The Bertz CT molecular complexity index is 1350. The van der Waals surface area contributed by atoms with E-state index in [0.717, 1.165) is 29.0 Å². The van der Waals surface area contributed by atoms with E-state index in [4.69, 9.17) is 10.5 Å². The number of rotatable bonds is 6. The minimum atomic E-state index is -5.77. The lowest BCUT2D eigenvalue weighted by molar-refractivity contribution is -0.257. The van der Waals surface area contributed by atoms with Gasteiger partial charge in [0, 0.05) is 39.4 Å². The van der Waals surface area contributed by atoms with Gasteiger partial charge in [0.25, 0.3) is 5.91 Å². The van der Waals surface area contributed by atoms with Crippen LogP contribution in [0.4, 0.5) is 47.9 Å². The molecule has 4 N–H and O–H groups in total. The highest BCUT2D eigenvalue weighted by molar-refractivity contribution is 7.86. The van der Waals surface area contributed by atoms with Crippen LogP contribution in [-0.2, 0) is 15.6 Å². The molecule has 0 unspecified atom stereocenters. The van der Waals surface area contributed by atoms with Crippen molar-refractivity contribution in [2.45, 2.75) is 31.7 Å². The van der Waals surface area contributed by atoms with E-state index in [-0.39, 0.29) is 17.3 Å². The Morgan fingerprint density at radius 1 is 1.10 bits per heavy atom. The zero-order valence-electron chi connectivity index (χ0n) is 20.1. The first-order valence-corrected chi connectivity index (χ1v) is 12.6. The predicted octanol–water partition coefficient (Wildman–Crippen LogP) is 4.53. The Kier molecular flexibility index (Phi) is 9.19. The number of nitrogen functional groups attached to an aromatic ring is 1. The Morgan fingerprint density at radius 2 is 1.74 bits per heavy atom. The van der Waals surface area contributed by atoms with Gasteiger partial charge in [0.2, 0.25) is 6.04 Å². The van der Waals surface area contributed by atoms with Crippen LogP contribution in [0.2, 0.25) is 0 Å². The molecule has 3 aromatic rings. The van der Waals surface area contributed by atoms with E-state index >= 15 is 0 Å². The molecule has 1 aromatic heterocycles. The van der Waals surface area contributed by atoms with Crippen LogP contribution < -0.4 is 21.1 Å². The molecule has 0 spiro atoms. The zero-order chi connectivity index (χ0) is 29.0. The van der Waals surface area contributed by atoms with Gasteiger partial charge in [0.1, 0.15) is 23.7 Å². The second-order valence-electron chi connectivity index (χ2n) is 8.29. The average molecular weight is 582 g/mol. The second-order valence-corrected chi connectivity index (χ2v) is 9.99. The number of nitrogens with zero attached hydrogens (tertiary/aromatic N) is 2. The van der Waals surface area contributed by atoms with Crippen molar-refractivity contribution in [2.24, 2.45) is 0 Å². The Morgan fingerprint density at radius 3 is 2.31 bits per heavy atom. The maximum Gasteiger partial charge on any atom is 0.417 e. The molecule has 39 heavy (non-hydrogen) atoms. The summed E-state index contributed by atoms with van der Waals surface area (Å²) in [4.78, 5) is 20.0. The normalized spacial score (nSPS) is 13.9. The van der Waals surface area contributed by atoms with Gasteiger partial charge in [-0.05, 0) is 43.2 Å². The summed E-state index contributed by atoms with van der Waals surface area (Å²) in [6, 6.07) is 2.17. The Hall–Kier alpha value is -3.69. The lowest BCUT2D eigenvalue weighted by atomic mass is 10.1. The summed E-state index contributed by atoms with van der Waals surface area (Å²) in [6.45, 7) is 0.484. The second kappa shape index (κ2) is 12.0. The molecule has 0 atom stereocenters. The highest BCUT2D eigenvalue weighted by Gasteiger charge is 2.57. The van der Waals surface area contributed by atoms with Gasteiger partial charge < -0.3 is 21.1 Å². The number of benzene rings is 2. The molecule has 2 heterocycles. The fourth-order valence-electron chi connectivity index (χ4n) is 3.32. The molecule has 1 aliphatic rings. The van der Waals surface area contributed by atoms with Crippen LogP contribution in [0.15, 0.2) is 36.7 Å². The third kappa shape index (κ3) is 8.15. The maximum absolute atomic E-state index is 13.7. The molecular formula is C23H22F7N5O3S. The average Bonchev–Trinajstić information content (AvgIpc) is 2.80. The van der Waals surface area contributed by atoms with Crippen LogP contribution in [0.5, 0.6) is 5.75 Å². The summed E-state index contributed by atoms with van der Waals surface area (Å²) in [6.07, 6.45) is -9.13. The van der Waals surface area contributed by atoms with Gasteiger partial charge in [-0.1, -0.05) is 0 Å². The van der Waals surface area contributed by atoms with Gasteiger partial charge in [-0.15, -0.1) is 0 Å². The van der Waals surface area contributed by atoms with E-state index in [2.05, 4.69) is 15.3 Å². The molecule has 2 aromatic carbocycles. The molecule has 0 saturated carbocycles. The lowest BCUT2D eigenvalue weighted by Crippen LogP contribution is -2.55. The molecule has 0 aliphatic carbocycles. The van der Waals surface area contributed by atoms with Crippen molar-refractivity contribution in [1.82, 2.24) is 15.3 Å². The van der Waals surface area contributed by atoms with E-state index < -0.39 is 47.5 Å². The number of hydrogen-bond acceptors (Lipinski definition) is 7. The SMILES string of the molecule is Cc1cc(N)cc2ncnc(Nc3ccc(F)cc3OCC(=O)NC(C(F)(F)F)C(F)(F)F)c12.O=S1CCC1. The summed E-state index contributed by atoms with van der Waals surface area (Å²) in [5.74, 6) is -0.752.